The highest BCUT2D eigenvalue weighted by Gasteiger charge is 2.13. The number of benzene rings is 1. The SMILES string of the molecule is Cn1cc(Cn2c(CCl)nc3cccc(Cl)c32)cn1. The lowest BCUT2D eigenvalue weighted by Gasteiger charge is -2.06. The van der Waals surface area contributed by atoms with Crippen LogP contribution in [0.5, 0.6) is 0 Å². The second-order valence-corrected chi connectivity index (χ2v) is 5.05. The molecule has 3 rings (SSSR count). The molecule has 4 nitrogen and oxygen atoms in total. The summed E-state index contributed by atoms with van der Waals surface area (Å²) in [5.41, 5.74) is 2.88. The first-order chi connectivity index (χ1) is 9.19. The zero-order valence-electron chi connectivity index (χ0n) is 10.3. The highest BCUT2D eigenvalue weighted by Crippen LogP contribution is 2.26. The minimum atomic E-state index is 0.352. The van der Waals surface area contributed by atoms with Crippen LogP contribution in [0, 0.1) is 0 Å². The maximum atomic E-state index is 6.28. The van der Waals surface area contributed by atoms with E-state index in [0.717, 1.165) is 22.4 Å². The third-order valence-corrected chi connectivity index (χ3v) is 3.56. The molecule has 98 valence electrons. The first kappa shape index (κ1) is 12.5. The molecule has 6 heteroatoms. The van der Waals surface area contributed by atoms with E-state index in [1.807, 2.05) is 42.2 Å². The Labute approximate surface area is 120 Å². The molecule has 0 unspecified atom stereocenters. The van der Waals surface area contributed by atoms with Crippen molar-refractivity contribution in [3.63, 3.8) is 0 Å². The highest BCUT2D eigenvalue weighted by molar-refractivity contribution is 6.35. The summed E-state index contributed by atoms with van der Waals surface area (Å²) in [5, 5.41) is 4.86. The molecule has 0 atom stereocenters. The van der Waals surface area contributed by atoms with E-state index in [0.29, 0.717) is 17.4 Å². The lowest BCUT2D eigenvalue weighted by Crippen LogP contribution is -2.03. The van der Waals surface area contributed by atoms with E-state index in [1.54, 1.807) is 4.68 Å². The van der Waals surface area contributed by atoms with Crippen molar-refractivity contribution in [2.24, 2.45) is 7.05 Å². The minimum absolute atomic E-state index is 0.352. The number of alkyl halides is 1. The van der Waals surface area contributed by atoms with Crippen molar-refractivity contribution in [2.75, 3.05) is 0 Å². The van der Waals surface area contributed by atoms with Gasteiger partial charge in [0.25, 0.3) is 0 Å². The van der Waals surface area contributed by atoms with Gasteiger partial charge in [-0.15, -0.1) is 11.6 Å². The molecule has 0 bridgehead atoms. The van der Waals surface area contributed by atoms with Crippen LogP contribution in [-0.2, 0) is 19.5 Å². The molecule has 0 saturated carbocycles. The number of imidazole rings is 1. The maximum Gasteiger partial charge on any atom is 0.125 e. The number of rotatable bonds is 3. The Morgan fingerprint density at radius 3 is 2.84 bits per heavy atom. The molecule has 19 heavy (non-hydrogen) atoms. The lowest BCUT2D eigenvalue weighted by molar-refractivity contribution is 0.759. The molecule has 3 aromatic rings. The molecule has 0 fully saturated rings. The Morgan fingerprint density at radius 1 is 1.32 bits per heavy atom. The van der Waals surface area contributed by atoms with Crippen molar-refractivity contribution in [1.82, 2.24) is 19.3 Å². The first-order valence-corrected chi connectivity index (χ1v) is 6.77. The first-order valence-electron chi connectivity index (χ1n) is 5.86. The van der Waals surface area contributed by atoms with Gasteiger partial charge in [0.1, 0.15) is 5.82 Å². The topological polar surface area (TPSA) is 35.6 Å². The van der Waals surface area contributed by atoms with Gasteiger partial charge in [0.15, 0.2) is 0 Å². The summed E-state index contributed by atoms with van der Waals surface area (Å²) in [4.78, 5) is 4.51. The normalized spacial score (nSPS) is 11.3. The van der Waals surface area contributed by atoms with Crippen LogP contribution in [0.25, 0.3) is 11.0 Å². The van der Waals surface area contributed by atoms with E-state index in [2.05, 4.69) is 10.1 Å². The fourth-order valence-electron chi connectivity index (χ4n) is 2.20. The number of fused-ring (bicyclic) bond motifs is 1. The number of hydrogen-bond acceptors (Lipinski definition) is 2. The number of aryl methyl sites for hydroxylation is 1. The van der Waals surface area contributed by atoms with Crippen LogP contribution in [-0.4, -0.2) is 19.3 Å². The van der Waals surface area contributed by atoms with Gasteiger partial charge in [-0.25, -0.2) is 4.98 Å². The van der Waals surface area contributed by atoms with Gasteiger partial charge in [-0.3, -0.25) is 4.68 Å². The Morgan fingerprint density at radius 2 is 2.16 bits per heavy atom. The van der Waals surface area contributed by atoms with Crippen LogP contribution in [0.3, 0.4) is 0 Å². The van der Waals surface area contributed by atoms with Crippen molar-refractivity contribution in [2.45, 2.75) is 12.4 Å². The summed E-state index contributed by atoms with van der Waals surface area (Å²) in [5.74, 6) is 1.17. The summed E-state index contributed by atoms with van der Waals surface area (Å²) in [6.07, 6.45) is 3.81. The zero-order chi connectivity index (χ0) is 13.4. The molecule has 0 amide bonds. The number of aromatic nitrogens is 4. The molecule has 0 saturated heterocycles. The third kappa shape index (κ3) is 2.22. The van der Waals surface area contributed by atoms with E-state index in [-0.39, 0.29) is 0 Å². The van der Waals surface area contributed by atoms with E-state index in [9.17, 15) is 0 Å². The Balaban J connectivity index is 2.15. The predicted octanol–water partition coefficient (Wildman–Crippen LogP) is 3.21. The van der Waals surface area contributed by atoms with Crippen LogP contribution in [0.15, 0.2) is 30.6 Å². The Kier molecular flexibility index (Phi) is 3.21. The van der Waals surface area contributed by atoms with Crippen LogP contribution < -0.4 is 0 Å². The summed E-state index contributed by atoms with van der Waals surface area (Å²) in [6.45, 7) is 0.663. The molecule has 0 aliphatic carbocycles. The lowest BCUT2D eigenvalue weighted by atomic mass is 10.3. The summed E-state index contributed by atoms with van der Waals surface area (Å²) in [7, 11) is 1.89. The van der Waals surface area contributed by atoms with Crippen molar-refractivity contribution < 1.29 is 0 Å². The predicted molar refractivity (Wildman–Crippen MR) is 76.6 cm³/mol. The molecule has 1 aromatic carbocycles. The monoisotopic (exact) mass is 294 g/mol. The van der Waals surface area contributed by atoms with Crippen molar-refractivity contribution in [3.05, 3.63) is 47.0 Å². The van der Waals surface area contributed by atoms with Gasteiger partial charge < -0.3 is 4.57 Å². The van der Waals surface area contributed by atoms with Crippen molar-refractivity contribution in [3.8, 4) is 0 Å². The average molecular weight is 295 g/mol. The van der Waals surface area contributed by atoms with E-state index in [1.165, 1.54) is 0 Å². The average Bonchev–Trinajstić information content (AvgIpc) is 2.95. The van der Waals surface area contributed by atoms with Gasteiger partial charge in [0.2, 0.25) is 0 Å². The Bertz CT molecular complexity index is 729. The van der Waals surface area contributed by atoms with Gasteiger partial charge in [0.05, 0.1) is 34.7 Å². The summed E-state index contributed by atoms with van der Waals surface area (Å²) >= 11 is 12.3. The largest absolute Gasteiger partial charge is 0.321 e. The maximum absolute atomic E-state index is 6.28. The molecule has 0 radical (unpaired) electrons. The van der Waals surface area contributed by atoms with Crippen LogP contribution in [0.1, 0.15) is 11.4 Å². The summed E-state index contributed by atoms with van der Waals surface area (Å²) in [6, 6.07) is 5.70. The van der Waals surface area contributed by atoms with E-state index < -0.39 is 0 Å². The second-order valence-electron chi connectivity index (χ2n) is 4.38. The molecule has 0 aliphatic heterocycles. The van der Waals surface area contributed by atoms with Gasteiger partial charge in [0, 0.05) is 18.8 Å². The van der Waals surface area contributed by atoms with Gasteiger partial charge >= 0.3 is 0 Å². The quantitative estimate of drug-likeness (QED) is 0.696. The fraction of sp³-hybridized carbons (Fsp3) is 0.231. The molecular formula is C13H12Cl2N4. The van der Waals surface area contributed by atoms with E-state index in [4.69, 9.17) is 23.2 Å². The van der Waals surface area contributed by atoms with Gasteiger partial charge in [-0.2, -0.15) is 5.10 Å². The fourth-order valence-corrected chi connectivity index (χ4v) is 2.67. The zero-order valence-corrected chi connectivity index (χ0v) is 11.9. The standard InChI is InChI=1S/C13H12Cl2N4/c1-18-7-9(6-16-18)8-19-12(5-14)17-11-4-2-3-10(15)13(11)19/h2-4,6-7H,5,8H2,1H3. The molecular weight excluding hydrogens is 283 g/mol. The van der Waals surface area contributed by atoms with Crippen molar-refractivity contribution in [1.29, 1.82) is 0 Å². The van der Waals surface area contributed by atoms with E-state index >= 15 is 0 Å². The van der Waals surface area contributed by atoms with Crippen LogP contribution >= 0.6 is 23.2 Å². The Hall–Kier alpha value is -1.52. The number of hydrogen-bond donors (Lipinski definition) is 0. The molecule has 2 heterocycles. The van der Waals surface area contributed by atoms with Gasteiger partial charge in [-0.1, -0.05) is 17.7 Å². The smallest absolute Gasteiger partial charge is 0.125 e. The van der Waals surface area contributed by atoms with Crippen molar-refractivity contribution >= 4 is 34.2 Å². The summed E-state index contributed by atoms with van der Waals surface area (Å²) < 4.78 is 3.82. The third-order valence-electron chi connectivity index (χ3n) is 3.02. The minimum Gasteiger partial charge on any atom is -0.321 e. The molecule has 0 aliphatic rings. The molecule has 0 spiro atoms. The van der Waals surface area contributed by atoms with Gasteiger partial charge in [-0.05, 0) is 12.1 Å². The number of nitrogens with zero attached hydrogens (tertiary/aromatic N) is 4. The van der Waals surface area contributed by atoms with Crippen LogP contribution in [0.2, 0.25) is 5.02 Å². The second kappa shape index (κ2) is 4.87. The number of para-hydroxylation sites is 1. The van der Waals surface area contributed by atoms with Crippen LogP contribution in [0.4, 0.5) is 0 Å². The number of halogens is 2. The highest BCUT2D eigenvalue weighted by atomic mass is 35.5. The molecule has 0 N–H and O–H groups in total. The molecule has 2 aromatic heterocycles.